The molecule has 6 nitrogen and oxygen atoms in total. The molecular formula is C15H17N3O3. The fourth-order valence-corrected chi connectivity index (χ4v) is 2.67. The molecule has 1 aliphatic carbocycles. The van der Waals surface area contributed by atoms with Crippen LogP contribution in [0.2, 0.25) is 0 Å². The third-order valence-electron chi connectivity index (χ3n) is 3.95. The van der Waals surface area contributed by atoms with Crippen molar-refractivity contribution in [2.24, 2.45) is 0 Å². The Balaban J connectivity index is 2.26. The molecule has 1 amide bonds. The van der Waals surface area contributed by atoms with Gasteiger partial charge in [0.2, 0.25) is 0 Å². The van der Waals surface area contributed by atoms with Crippen LogP contribution in [0.15, 0.2) is 18.2 Å². The number of hydrogen-bond donors (Lipinski definition) is 1. The monoisotopic (exact) mass is 287 g/mol. The predicted octanol–water partition coefficient (Wildman–Crippen LogP) is 2.86. The summed E-state index contributed by atoms with van der Waals surface area (Å²) in [6.45, 7) is 1.72. The van der Waals surface area contributed by atoms with Crippen LogP contribution in [-0.2, 0) is 0 Å². The molecule has 0 saturated heterocycles. The Kier molecular flexibility index (Phi) is 4.22. The molecule has 1 N–H and O–H groups in total. The summed E-state index contributed by atoms with van der Waals surface area (Å²) in [6.07, 6.45) is 4.13. The lowest BCUT2D eigenvalue weighted by molar-refractivity contribution is -0.384. The maximum Gasteiger partial charge on any atom is 0.270 e. The van der Waals surface area contributed by atoms with Crippen LogP contribution >= 0.6 is 0 Å². The first-order chi connectivity index (χ1) is 9.97. The SMILES string of the molecule is Cc1ccc([N+](=O)[O-])cc1C(=O)NC1(C#N)CCCCC1. The minimum absolute atomic E-state index is 0.125. The Bertz CT molecular complexity index is 613. The van der Waals surface area contributed by atoms with E-state index in [2.05, 4.69) is 11.4 Å². The highest BCUT2D eigenvalue weighted by molar-refractivity contribution is 5.97. The van der Waals surface area contributed by atoms with Gasteiger partial charge in [-0.05, 0) is 25.3 Å². The van der Waals surface area contributed by atoms with Crippen LogP contribution in [0.5, 0.6) is 0 Å². The first kappa shape index (κ1) is 15.0. The number of nitrogens with zero attached hydrogens (tertiary/aromatic N) is 2. The Morgan fingerprint density at radius 1 is 1.38 bits per heavy atom. The van der Waals surface area contributed by atoms with Crippen molar-refractivity contribution in [2.75, 3.05) is 0 Å². The lowest BCUT2D eigenvalue weighted by atomic mass is 9.82. The molecule has 0 spiro atoms. The molecule has 1 aromatic carbocycles. The Morgan fingerprint density at radius 2 is 2.05 bits per heavy atom. The van der Waals surface area contributed by atoms with Gasteiger partial charge >= 0.3 is 0 Å². The van der Waals surface area contributed by atoms with Crippen LogP contribution in [0.3, 0.4) is 0 Å². The first-order valence-electron chi connectivity index (χ1n) is 6.96. The van der Waals surface area contributed by atoms with E-state index in [0.717, 1.165) is 19.3 Å². The highest BCUT2D eigenvalue weighted by Gasteiger charge is 2.34. The van der Waals surface area contributed by atoms with Crippen LogP contribution in [0, 0.1) is 28.4 Å². The first-order valence-corrected chi connectivity index (χ1v) is 6.96. The van der Waals surface area contributed by atoms with Crippen molar-refractivity contribution >= 4 is 11.6 Å². The van der Waals surface area contributed by atoms with E-state index in [4.69, 9.17) is 0 Å². The van der Waals surface area contributed by atoms with E-state index in [1.807, 2.05) is 0 Å². The van der Waals surface area contributed by atoms with E-state index in [-0.39, 0.29) is 11.3 Å². The second-order valence-electron chi connectivity index (χ2n) is 5.47. The molecule has 0 radical (unpaired) electrons. The summed E-state index contributed by atoms with van der Waals surface area (Å²) in [4.78, 5) is 22.7. The standard InChI is InChI=1S/C15H17N3O3/c1-11-5-6-12(18(20)21)9-13(11)14(19)17-15(10-16)7-3-2-4-8-15/h5-6,9H,2-4,7-8H2,1H3,(H,17,19). The van der Waals surface area contributed by atoms with Crippen molar-refractivity contribution in [1.82, 2.24) is 5.32 Å². The molecule has 0 aliphatic heterocycles. The molecule has 21 heavy (non-hydrogen) atoms. The molecule has 2 rings (SSSR count). The number of aryl methyl sites for hydroxylation is 1. The summed E-state index contributed by atoms with van der Waals surface area (Å²) in [5, 5.41) is 23.0. The largest absolute Gasteiger partial charge is 0.334 e. The average Bonchev–Trinajstić information content (AvgIpc) is 2.48. The fourth-order valence-electron chi connectivity index (χ4n) is 2.67. The van der Waals surface area contributed by atoms with Crippen molar-refractivity contribution in [2.45, 2.75) is 44.6 Å². The number of nitro groups is 1. The van der Waals surface area contributed by atoms with Gasteiger partial charge in [-0.15, -0.1) is 0 Å². The number of carbonyl (C=O) groups excluding carboxylic acids is 1. The van der Waals surface area contributed by atoms with E-state index in [1.165, 1.54) is 12.1 Å². The Hall–Kier alpha value is -2.42. The molecule has 1 aliphatic rings. The lowest BCUT2D eigenvalue weighted by Crippen LogP contribution is -2.48. The maximum absolute atomic E-state index is 12.4. The summed E-state index contributed by atoms with van der Waals surface area (Å²) in [5.41, 5.74) is -0.0568. The van der Waals surface area contributed by atoms with Crippen molar-refractivity contribution < 1.29 is 9.72 Å². The van der Waals surface area contributed by atoms with Gasteiger partial charge in [0, 0.05) is 17.7 Å². The number of amides is 1. The number of carbonyl (C=O) groups is 1. The quantitative estimate of drug-likeness (QED) is 0.682. The number of nitrogens with one attached hydrogen (secondary N) is 1. The molecule has 1 saturated carbocycles. The van der Waals surface area contributed by atoms with E-state index in [1.54, 1.807) is 13.0 Å². The molecular weight excluding hydrogens is 270 g/mol. The van der Waals surface area contributed by atoms with E-state index in [0.29, 0.717) is 18.4 Å². The summed E-state index contributed by atoms with van der Waals surface area (Å²) in [6, 6.07) is 6.39. The molecule has 0 atom stereocenters. The fraction of sp³-hybridized carbons (Fsp3) is 0.467. The summed E-state index contributed by atoms with van der Waals surface area (Å²) < 4.78 is 0. The lowest BCUT2D eigenvalue weighted by Gasteiger charge is -2.31. The van der Waals surface area contributed by atoms with Crippen LogP contribution in [0.25, 0.3) is 0 Å². The zero-order valence-electron chi connectivity index (χ0n) is 11.9. The average molecular weight is 287 g/mol. The van der Waals surface area contributed by atoms with Gasteiger partial charge in [-0.3, -0.25) is 14.9 Å². The van der Waals surface area contributed by atoms with Crippen molar-refractivity contribution in [3.05, 3.63) is 39.4 Å². The zero-order chi connectivity index (χ0) is 15.5. The van der Waals surface area contributed by atoms with Gasteiger partial charge in [0.25, 0.3) is 11.6 Å². The van der Waals surface area contributed by atoms with E-state index < -0.39 is 16.4 Å². The highest BCUT2D eigenvalue weighted by atomic mass is 16.6. The highest BCUT2D eigenvalue weighted by Crippen LogP contribution is 2.28. The molecule has 0 heterocycles. The van der Waals surface area contributed by atoms with Gasteiger partial charge in [0.05, 0.1) is 11.0 Å². The van der Waals surface area contributed by atoms with Gasteiger partial charge in [-0.25, -0.2) is 0 Å². The second kappa shape index (κ2) is 5.92. The topological polar surface area (TPSA) is 96.0 Å². The molecule has 0 unspecified atom stereocenters. The number of nitro benzene ring substituents is 1. The number of non-ortho nitro benzene ring substituents is 1. The Morgan fingerprint density at radius 3 is 2.62 bits per heavy atom. The molecule has 110 valence electrons. The normalized spacial score (nSPS) is 16.8. The summed E-state index contributed by atoms with van der Waals surface area (Å²) >= 11 is 0. The molecule has 0 aromatic heterocycles. The molecule has 6 heteroatoms. The van der Waals surface area contributed by atoms with Gasteiger partial charge < -0.3 is 5.32 Å². The number of nitriles is 1. The van der Waals surface area contributed by atoms with Gasteiger partial charge in [-0.1, -0.05) is 25.3 Å². The van der Waals surface area contributed by atoms with Gasteiger partial charge in [-0.2, -0.15) is 5.26 Å². The third-order valence-corrected chi connectivity index (χ3v) is 3.95. The van der Waals surface area contributed by atoms with Crippen LogP contribution in [0.1, 0.15) is 48.0 Å². The van der Waals surface area contributed by atoms with Crippen LogP contribution in [0.4, 0.5) is 5.69 Å². The maximum atomic E-state index is 12.4. The number of benzene rings is 1. The van der Waals surface area contributed by atoms with Crippen molar-refractivity contribution in [3.63, 3.8) is 0 Å². The van der Waals surface area contributed by atoms with Gasteiger partial charge in [0.1, 0.15) is 5.54 Å². The van der Waals surface area contributed by atoms with Gasteiger partial charge in [0.15, 0.2) is 0 Å². The Labute approximate surface area is 122 Å². The van der Waals surface area contributed by atoms with Crippen molar-refractivity contribution in [1.29, 1.82) is 5.26 Å². The zero-order valence-corrected chi connectivity index (χ0v) is 11.9. The van der Waals surface area contributed by atoms with Crippen LogP contribution < -0.4 is 5.32 Å². The summed E-state index contributed by atoms with van der Waals surface area (Å²) in [7, 11) is 0. The van der Waals surface area contributed by atoms with Crippen molar-refractivity contribution in [3.8, 4) is 6.07 Å². The van der Waals surface area contributed by atoms with Crippen LogP contribution in [-0.4, -0.2) is 16.4 Å². The van der Waals surface area contributed by atoms with E-state index >= 15 is 0 Å². The minimum Gasteiger partial charge on any atom is -0.334 e. The molecule has 1 aromatic rings. The third kappa shape index (κ3) is 3.19. The molecule has 0 bridgehead atoms. The number of hydrogen-bond acceptors (Lipinski definition) is 4. The second-order valence-corrected chi connectivity index (χ2v) is 5.47. The summed E-state index contributed by atoms with van der Waals surface area (Å²) in [5.74, 6) is -0.417. The minimum atomic E-state index is -0.841. The predicted molar refractivity (Wildman–Crippen MR) is 76.7 cm³/mol. The molecule has 1 fully saturated rings. The van der Waals surface area contributed by atoms with E-state index in [9.17, 15) is 20.2 Å². The smallest absolute Gasteiger partial charge is 0.270 e. The number of rotatable bonds is 3.